The Balaban J connectivity index is 2.69. The fraction of sp³-hybridized carbons (Fsp3) is 0.462. The highest BCUT2D eigenvalue weighted by molar-refractivity contribution is 5.29. The number of hydrogen-bond donors (Lipinski definition) is 1. The average molecular weight is 234 g/mol. The van der Waals surface area contributed by atoms with Gasteiger partial charge in [-0.15, -0.1) is 0 Å². The Labute approximate surface area is 102 Å². The minimum absolute atomic E-state index is 0.213. The Morgan fingerprint density at radius 2 is 2.24 bits per heavy atom. The number of methoxy groups -OCH3 is 1. The van der Waals surface area contributed by atoms with E-state index in [-0.39, 0.29) is 6.04 Å². The third-order valence-corrected chi connectivity index (χ3v) is 2.79. The van der Waals surface area contributed by atoms with Crippen LogP contribution in [-0.4, -0.2) is 36.8 Å². The van der Waals surface area contributed by atoms with Crippen LogP contribution in [0.3, 0.4) is 0 Å². The molecule has 0 radical (unpaired) electrons. The van der Waals surface area contributed by atoms with Crippen molar-refractivity contribution in [1.29, 1.82) is 5.26 Å². The van der Waals surface area contributed by atoms with Crippen LogP contribution in [0.5, 0.6) is 5.75 Å². The maximum Gasteiger partial charge on any atom is 0.119 e. The molecule has 92 valence electrons. The highest BCUT2D eigenvalue weighted by Gasteiger charge is 2.15. The first-order valence-corrected chi connectivity index (χ1v) is 5.50. The summed E-state index contributed by atoms with van der Waals surface area (Å²) in [5, 5.41) is 18.8. The Hall–Kier alpha value is -1.57. The van der Waals surface area contributed by atoms with Gasteiger partial charge in [0, 0.05) is 6.54 Å². The van der Waals surface area contributed by atoms with E-state index in [4.69, 9.17) is 10.00 Å². The molecule has 1 aromatic carbocycles. The second kappa shape index (κ2) is 6.24. The van der Waals surface area contributed by atoms with E-state index in [9.17, 15) is 5.11 Å². The number of benzene rings is 1. The number of ether oxygens (including phenoxy) is 1. The Morgan fingerprint density at radius 1 is 1.53 bits per heavy atom. The Morgan fingerprint density at radius 3 is 2.82 bits per heavy atom. The molecule has 0 bridgehead atoms. The Bertz CT molecular complexity index is 401. The minimum atomic E-state index is -0.620. The van der Waals surface area contributed by atoms with Gasteiger partial charge in [0.15, 0.2) is 0 Å². The number of likely N-dealkylation sites (N-methyl/N-ethyl adjacent to an activating group) is 1. The lowest BCUT2D eigenvalue weighted by Gasteiger charge is -2.22. The number of aliphatic hydroxyl groups is 1. The quantitative estimate of drug-likeness (QED) is 0.840. The van der Waals surface area contributed by atoms with E-state index in [1.54, 1.807) is 20.1 Å². The summed E-state index contributed by atoms with van der Waals surface area (Å²) in [6.45, 7) is 2.22. The maximum atomic E-state index is 10.0. The highest BCUT2D eigenvalue weighted by Crippen LogP contribution is 2.19. The summed E-state index contributed by atoms with van der Waals surface area (Å²) in [5.74, 6) is 0.720. The predicted molar refractivity (Wildman–Crippen MR) is 65.7 cm³/mol. The van der Waals surface area contributed by atoms with E-state index < -0.39 is 6.10 Å². The molecule has 0 fully saturated rings. The number of nitriles is 1. The van der Waals surface area contributed by atoms with Crippen LogP contribution in [0.1, 0.15) is 18.6 Å². The molecule has 0 spiro atoms. The summed E-state index contributed by atoms with van der Waals surface area (Å²) >= 11 is 0. The van der Waals surface area contributed by atoms with Crippen LogP contribution >= 0.6 is 0 Å². The van der Waals surface area contributed by atoms with E-state index >= 15 is 0 Å². The van der Waals surface area contributed by atoms with Crippen LogP contribution < -0.4 is 4.74 Å². The van der Waals surface area contributed by atoms with Crippen LogP contribution in [0.15, 0.2) is 24.3 Å². The molecule has 2 atom stereocenters. The molecular weight excluding hydrogens is 216 g/mol. The van der Waals surface area contributed by atoms with E-state index in [1.807, 2.05) is 30.1 Å². The molecule has 4 heteroatoms. The zero-order valence-electron chi connectivity index (χ0n) is 10.4. The van der Waals surface area contributed by atoms with Crippen molar-refractivity contribution in [2.24, 2.45) is 0 Å². The number of nitrogens with zero attached hydrogens (tertiary/aromatic N) is 2. The lowest BCUT2D eigenvalue weighted by atomic mass is 10.1. The molecule has 1 aromatic rings. The van der Waals surface area contributed by atoms with Gasteiger partial charge in [-0.1, -0.05) is 12.1 Å². The van der Waals surface area contributed by atoms with Gasteiger partial charge in [-0.05, 0) is 31.7 Å². The Kier molecular flexibility index (Phi) is 4.95. The van der Waals surface area contributed by atoms with Gasteiger partial charge in [-0.2, -0.15) is 5.26 Å². The third-order valence-electron chi connectivity index (χ3n) is 2.79. The molecule has 0 aliphatic heterocycles. The monoisotopic (exact) mass is 234 g/mol. The summed E-state index contributed by atoms with van der Waals surface area (Å²) < 4.78 is 5.10. The molecule has 0 aliphatic rings. The summed E-state index contributed by atoms with van der Waals surface area (Å²) in [5.41, 5.74) is 0.793. The minimum Gasteiger partial charge on any atom is -0.497 e. The molecule has 0 amide bonds. The van der Waals surface area contributed by atoms with Gasteiger partial charge in [-0.25, -0.2) is 0 Å². The predicted octanol–water partition coefficient (Wildman–Crippen LogP) is 1.57. The van der Waals surface area contributed by atoms with Gasteiger partial charge in [0.1, 0.15) is 5.75 Å². The van der Waals surface area contributed by atoms with Crippen molar-refractivity contribution in [2.75, 3.05) is 20.7 Å². The van der Waals surface area contributed by atoms with E-state index in [1.165, 1.54) is 0 Å². The fourth-order valence-corrected chi connectivity index (χ4v) is 1.48. The summed E-state index contributed by atoms with van der Waals surface area (Å²) in [4.78, 5) is 1.81. The van der Waals surface area contributed by atoms with Crippen molar-refractivity contribution in [3.05, 3.63) is 29.8 Å². The van der Waals surface area contributed by atoms with Gasteiger partial charge >= 0.3 is 0 Å². The van der Waals surface area contributed by atoms with Gasteiger partial charge in [0.25, 0.3) is 0 Å². The standard InChI is InChI=1S/C13H18N2O2/c1-10(8-14)15(2)9-13(16)11-5-4-6-12(7-11)17-3/h4-7,10,13,16H,9H2,1-3H3. The van der Waals surface area contributed by atoms with Crippen molar-refractivity contribution in [3.8, 4) is 11.8 Å². The van der Waals surface area contributed by atoms with Crippen LogP contribution in [0.25, 0.3) is 0 Å². The van der Waals surface area contributed by atoms with Gasteiger partial charge in [0.2, 0.25) is 0 Å². The van der Waals surface area contributed by atoms with Crippen molar-refractivity contribution in [2.45, 2.75) is 19.1 Å². The highest BCUT2D eigenvalue weighted by atomic mass is 16.5. The molecule has 0 saturated heterocycles. The third kappa shape index (κ3) is 3.74. The van der Waals surface area contributed by atoms with Gasteiger partial charge in [-0.3, -0.25) is 4.90 Å². The van der Waals surface area contributed by atoms with Crippen LogP contribution in [-0.2, 0) is 0 Å². The van der Waals surface area contributed by atoms with Crippen LogP contribution in [0.4, 0.5) is 0 Å². The number of hydrogen-bond acceptors (Lipinski definition) is 4. The second-order valence-corrected chi connectivity index (χ2v) is 4.04. The molecule has 0 saturated carbocycles. The largest absolute Gasteiger partial charge is 0.497 e. The number of aliphatic hydroxyl groups excluding tert-OH is 1. The molecular formula is C13H18N2O2. The average Bonchev–Trinajstić information content (AvgIpc) is 2.37. The molecule has 0 aliphatic carbocycles. The van der Waals surface area contributed by atoms with Crippen molar-refractivity contribution in [3.63, 3.8) is 0 Å². The first kappa shape index (κ1) is 13.5. The van der Waals surface area contributed by atoms with Crippen LogP contribution in [0.2, 0.25) is 0 Å². The molecule has 1 N–H and O–H groups in total. The second-order valence-electron chi connectivity index (χ2n) is 4.04. The fourth-order valence-electron chi connectivity index (χ4n) is 1.48. The topological polar surface area (TPSA) is 56.5 Å². The lowest BCUT2D eigenvalue weighted by molar-refractivity contribution is 0.119. The van der Waals surface area contributed by atoms with Crippen molar-refractivity contribution in [1.82, 2.24) is 4.90 Å². The maximum absolute atomic E-state index is 10.0. The molecule has 1 rings (SSSR count). The summed E-state index contributed by atoms with van der Waals surface area (Å²) in [6.07, 6.45) is -0.620. The normalized spacial score (nSPS) is 14.1. The lowest BCUT2D eigenvalue weighted by Crippen LogP contribution is -2.31. The number of rotatable bonds is 5. The summed E-state index contributed by atoms with van der Waals surface area (Å²) in [7, 11) is 3.41. The van der Waals surface area contributed by atoms with E-state index in [2.05, 4.69) is 6.07 Å². The van der Waals surface area contributed by atoms with Gasteiger partial charge in [0.05, 0.1) is 25.3 Å². The SMILES string of the molecule is COc1cccc(C(O)CN(C)C(C)C#N)c1. The molecule has 2 unspecified atom stereocenters. The summed E-state index contributed by atoms with van der Waals surface area (Å²) in [6, 6.07) is 9.24. The zero-order chi connectivity index (χ0) is 12.8. The van der Waals surface area contributed by atoms with Crippen LogP contribution in [0, 0.1) is 11.3 Å². The van der Waals surface area contributed by atoms with E-state index in [0.717, 1.165) is 11.3 Å². The first-order valence-electron chi connectivity index (χ1n) is 5.50. The van der Waals surface area contributed by atoms with Gasteiger partial charge < -0.3 is 9.84 Å². The molecule has 4 nitrogen and oxygen atoms in total. The van der Waals surface area contributed by atoms with Crippen molar-refractivity contribution < 1.29 is 9.84 Å². The molecule has 17 heavy (non-hydrogen) atoms. The first-order chi connectivity index (χ1) is 8.08. The van der Waals surface area contributed by atoms with E-state index in [0.29, 0.717) is 6.54 Å². The zero-order valence-corrected chi connectivity index (χ0v) is 10.4. The molecule has 0 heterocycles. The van der Waals surface area contributed by atoms with Crippen molar-refractivity contribution >= 4 is 0 Å². The smallest absolute Gasteiger partial charge is 0.119 e. The molecule has 0 aromatic heterocycles.